The lowest BCUT2D eigenvalue weighted by Gasteiger charge is -1.10. The van der Waals surface area contributed by atoms with Gasteiger partial charge in [0.1, 0.15) is 0 Å². The Morgan fingerprint density at radius 1 is 1.25 bits per heavy atom. The molecular formula is CH5IO2. The summed E-state index contributed by atoms with van der Waals surface area (Å²) >= 11 is 0. The molecule has 0 heterocycles. The molecule has 0 bridgehead atoms. The van der Waals surface area contributed by atoms with Gasteiger partial charge >= 0.3 is 0 Å². The van der Waals surface area contributed by atoms with Crippen LogP contribution in [0.25, 0.3) is 0 Å². The highest BCUT2D eigenvalue weighted by Gasteiger charge is 0.927. The van der Waals surface area contributed by atoms with Crippen molar-refractivity contribution in [3.8, 4) is 0 Å². The zero-order chi connectivity index (χ0) is 2.00. The zero-order valence-corrected chi connectivity index (χ0v) is 4.59. The summed E-state index contributed by atoms with van der Waals surface area (Å²) in [5, 5.41) is 8.25. The molecular weight excluding hydrogens is 171 g/mol. The van der Waals surface area contributed by atoms with Crippen LogP contribution in [0.3, 0.4) is 0 Å². The van der Waals surface area contributed by atoms with Crippen molar-refractivity contribution in [3.05, 3.63) is 0 Å². The van der Waals surface area contributed by atoms with Crippen molar-refractivity contribution < 1.29 is 10.6 Å². The maximum absolute atomic E-state index is 8.25. The van der Waals surface area contributed by atoms with Gasteiger partial charge in [-0.3, -0.25) is 5.48 Å². The molecule has 0 aliphatic carbocycles. The lowest BCUT2D eigenvalue weighted by atomic mass is 11.8. The van der Waals surface area contributed by atoms with E-state index >= 15 is 0 Å². The van der Waals surface area contributed by atoms with Crippen LogP contribution >= 0.6 is 24.0 Å². The molecule has 0 aromatic rings. The second kappa shape index (κ2) is 60.7. The third-order valence-electron chi connectivity index (χ3n) is 0. The van der Waals surface area contributed by atoms with Crippen LogP contribution < -0.4 is 0 Å². The highest BCUT2D eigenvalue weighted by molar-refractivity contribution is 14.0. The maximum Gasteiger partial charge on any atom is 0.0712 e. The molecule has 4 heavy (non-hydrogen) atoms. The van der Waals surface area contributed by atoms with E-state index in [4.69, 9.17) is 5.11 Å². The smallest absolute Gasteiger partial charge is 0.0712 e. The highest BCUT2D eigenvalue weighted by atomic mass is 127. The summed E-state index contributed by atoms with van der Waals surface area (Å²) in [6.45, 7) is 0. The third-order valence-corrected chi connectivity index (χ3v) is 0. The number of hydrogen-bond acceptors (Lipinski definition) is 0. The second-order valence-electron chi connectivity index (χ2n) is 0. The Labute approximate surface area is 42.2 Å². The lowest BCUT2D eigenvalue weighted by Crippen LogP contribution is -1.16. The highest BCUT2D eigenvalue weighted by Crippen LogP contribution is 0.886. The van der Waals surface area contributed by atoms with E-state index < -0.39 is 0 Å². The molecule has 2 radical (unpaired) electrons. The minimum Gasteiger partial charge on any atom is -0.255 e. The Morgan fingerprint density at radius 3 is 1.25 bits per heavy atom. The maximum atomic E-state index is 8.25. The van der Waals surface area contributed by atoms with Crippen molar-refractivity contribution >= 4 is 24.0 Å². The van der Waals surface area contributed by atoms with Gasteiger partial charge in [0, 0.05) is 0 Å². The molecule has 28 valence electrons. The van der Waals surface area contributed by atoms with Crippen LogP contribution in [0.5, 0.6) is 0 Å². The molecule has 0 rings (SSSR count). The molecule has 0 aliphatic rings. The van der Waals surface area contributed by atoms with Gasteiger partial charge in [-0.05, 0) is 0 Å². The summed E-state index contributed by atoms with van der Waals surface area (Å²) in [5.41, 5.74) is 0. The fourth-order valence-corrected chi connectivity index (χ4v) is 0. The van der Waals surface area contributed by atoms with E-state index in [-0.39, 0.29) is 29.5 Å². The van der Waals surface area contributed by atoms with Gasteiger partial charge in [-0.15, -0.1) is 24.0 Å². The summed E-state index contributed by atoms with van der Waals surface area (Å²) in [5.74, 6) is 0. The predicted molar refractivity (Wildman–Crippen MR) is 24.0 cm³/mol. The predicted octanol–water partition coefficient (Wildman–Crippen LogP) is 0.488. The Kier molecular flexibility index (Phi) is 345. The first-order chi connectivity index (χ1) is 1.00. The average Bonchev–Trinajstić information content (AvgIpc) is 1.00. The van der Waals surface area contributed by atoms with Crippen LogP contribution in [0.4, 0.5) is 0 Å². The van der Waals surface area contributed by atoms with Crippen LogP contribution in [0.15, 0.2) is 0 Å². The van der Waals surface area contributed by atoms with Crippen LogP contribution in [-0.4, -0.2) is 12.6 Å². The van der Waals surface area contributed by atoms with Crippen molar-refractivity contribution in [1.82, 2.24) is 0 Å². The van der Waals surface area contributed by atoms with Gasteiger partial charge in [0.2, 0.25) is 0 Å². The zero-order valence-electron chi connectivity index (χ0n) is 2.26. The number of hydrogen-bond donors (Lipinski definition) is 1. The quantitative estimate of drug-likeness (QED) is 0.522. The van der Waals surface area contributed by atoms with E-state index in [1.165, 1.54) is 0 Å². The molecule has 0 unspecified atom stereocenters. The fourth-order valence-electron chi connectivity index (χ4n) is 0. The van der Waals surface area contributed by atoms with Crippen molar-refractivity contribution in [1.29, 1.82) is 0 Å². The normalized spacial score (nSPS) is 1.50. The molecule has 0 saturated carbocycles. The van der Waals surface area contributed by atoms with Crippen LogP contribution in [0.2, 0.25) is 0 Å². The minimum absolute atomic E-state index is 0. The summed E-state index contributed by atoms with van der Waals surface area (Å²) in [7, 11) is 0.750. The van der Waals surface area contributed by atoms with E-state index in [1.807, 2.05) is 0 Å². The molecule has 0 atom stereocenters. The monoisotopic (exact) mass is 176 g/mol. The van der Waals surface area contributed by atoms with E-state index in [9.17, 15) is 0 Å². The minimum atomic E-state index is 0. The van der Waals surface area contributed by atoms with Gasteiger partial charge in [0.25, 0.3) is 0 Å². The number of rotatable bonds is 0. The fraction of sp³-hybridized carbons (Fsp3) is 1.00. The first kappa shape index (κ1) is 22.8. The molecule has 0 aromatic carbocycles. The third kappa shape index (κ3) is 17.1. The number of halogens is 1. The van der Waals surface area contributed by atoms with Gasteiger partial charge in [0.05, 0.1) is 7.11 Å². The molecule has 0 spiro atoms. The first-order valence-electron chi connectivity index (χ1n) is 0.408. The lowest BCUT2D eigenvalue weighted by molar-refractivity contribution is 0.282. The van der Waals surface area contributed by atoms with Crippen LogP contribution in [-0.2, 0) is 5.11 Å². The Hall–Kier alpha value is 0.650. The molecule has 0 fully saturated rings. The molecule has 2 nitrogen and oxygen atoms in total. The van der Waals surface area contributed by atoms with E-state index in [1.54, 1.807) is 0 Å². The largest absolute Gasteiger partial charge is 0.255 e. The Bertz CT molecular complexity index is 6.00. The van der Waals surface area contributed by atoms with Crippen molar-refractivity contribution in [2.45, 2.75) is 0 Å². The molecule has 0 saturated heterocycles. The molecule has 3 heteroatoms. The SMILES string of the molecule is C[O].I.[OH]. The van der Waals surface area contributed by atoms with Gasteiger partial charge in [-0.2, -0.15) is 0 Å². The van der Waals surface area contributed by atoms with Crippen molar-refractivity contribution in [2.75, 3.05) is 7.11 Å². The molecule has 0 aliphatic heterocycles. The van der Waals surface area contributed by atoms with E-state index in [0.29, 0.717) is 0 Å². The van der Waals surface area contributed by atoms with Gasteiger partial charge in [-0.25, -0.2) is 5.11 Å². The standard InChI is InChI=1S/CH3O.HI.HO/c1-2;;/h1H3;2*1H. The van der Waals surface area contributed by atoms with E-state index in [0.717, 1.165) is 7.11 Å². The van der Waals surface area contributed by atoms with E-state index in [2.05, 4.69) is 0 Å². The summed E-state index contributed by atoms with van der Waals surface area (Å²) in [6.07, 6.45) is 0. The molecule has 0 aromatic heterocycles. The second-order valence-corrected chi connectivity index (χ2v) is 0. The Balaban J connectivity index is -0.00000000500. The topological polar surface area (TPSA) is 49.9 Å². The Morgan fingerprint density at radius 2 is 1.25 bits per heavy atom. The summed E-state index contributed by atoms with van der Waals surface area (Å²) in [6, 6.07) is 0. The molecule has 0 amide bonds. The molecule has 1 N–H and O–H groups in total. The summed E-state index contributed by atoms with van der Waals surface area (Å²) in [4.78, 5) is 0. The first-order valence-corrected chi connectivity index (χ1v) is 0.408. The van der Waals surface area contributed by atoms with Gasteiger partial charge < -0.3 is 0 Å². The van der Waals surface area contributed by atoms with Crippen molar-refractivity contribution in [2.24, 2.45) is 0 Å². The summed E-state index contributed by atoms with van der Waals surface area (Å²) < 4.78 is 0. The van der Waals surface area contributed by atoms with Crippen molar-refractivity contribution in [3.63, 3.8) is 0 Å². The average molecular weight is 176 g/mol. The van der Waals surface area contributed by atoms with Gasteiger partial charge in [-0.1, -0.05) is 0 Å². The van der Waals surface area contributed by atoms with Gasteiger partial charge in [0.15, 0.2) is 0 Å². The van der Waals surface area contributed by atoms with Crippen LogP contribution in [0.1, 0.15) is 0 Å². The van der Waals surface area contributed by atoms with Crippen LogP contribution in [0, 0.1) is 0 Å².